The fourth-order valence-electron chi connectivity index (χ4n) is 0.525. The molecule has 0 unspecified atom stereocenters. The van der Waals surface area contributed by atoms with Crippen LogP contribution in [0.5, 0.6) is 0 Å². The van der Waals surface area contributed by atoms with E-state index in [0.717, 1.165) is 6.07 Å². The van der Waals surface area contributed by atoms with Crippen LogP contribution in [0.1, 0.15) is 5.56 Å². The number of nitrogens with zero attached hydrogens (tertiary/aromatic N) is 1. The quantitative estimate of drug-likeness (QED) is 0.590. The first-order valence-corrected chi connectivity index (χ1v) is 2.98. The molecule has 0 radical (unpaired) electrons. The van der Waals surface area contributed by atoms with E-state index in [4.69, 9.17) is 11.6 Å². The molecule has 6 heteroatoms. The zero-order chi connectivity index (χ0) is 8.48. The molecule has 64 valence electrons. The van der Waals surface area contributed by atoms with Gasteiger partial charge in [0.05, 0.1) is 0 Å². The van der Waals surface area contributed by atoms with Crippen molar-refractivity contribution in [1.82, 2.24) is 4.98 Å². The summed E-state index contributed by atoms with van der Waals surface area (Å²) in [6, 6.07) is 0.772. The molecule has 0 atom stereocenters. The van der Waals surface area contributed by atoms with E-state index in [1.165, 1.54) is 0 Å². The number of rotatable bonds is 0. The normalized spacial score (nSPS) is 10.7. The van der Waals surface area contributed by atoms with Crippen LogP contribution in [0.4, 0.5) is 13.2 Å². The van der Waals surface area contributed by atoms with Crippen LogP contribution in [0.2, 0.25) is 5.02 Å². The topological polar surface area (TPSA) is 12.9 Å². The summed E-state index contributed by atoms with van der Waals surface area (Å²) in [6.07, 6.45) is -1.55. The van der Waals surface area contributed by atoms with Crippen LogP contribution in [0.3, 0.4) is 0 Å². The maximum Gasteiger partial charge on any atom is 0.396 e. The van der Waals surface area contributed by atoms with Crippen molar-refractivity contribution in [2.45, 2.75) is 6.18 Å². The van der Waals surface area contributed by atoms with Crippen molar-refractivity contribution in [3.63, 3.8) is 0 Å². The fraction of sp³-hybridized carbons (Fsp3) is 0.167. The maximum absolute atomic E-state index is 11.9. The minimum absolute atomic E-state index is 0. The zero-order valence-electron chi connectivity index (χ0n) is 5.61. The Morgan fingerprint density at radius 3 is 2.33 bits per heavy atom. The average molecular weight is 419 g/mol. The molecule has 0 bridgehead atoms. The second kappa shape index (κ2) is 4.50. The fourth-order valence-corrected chi connectivity index (χ4v) is 0.691. The molecule has 12 heavy (non-hydrogen) atoms. The van der Waals surface area contributed by atoms with Gasteiger partial charge in [-0.15, -0.1) is 17.7 Å². The Morgan fingerprint density at radius 2 is 2.00 bits per heavy atom. The molecule has 1 aromatic rings. The summed E-state index contributed by atoms with van der Waals surface area (Å²) < 4.78 is 35.6. The maximum atomic E-state index is 11.9. The minimum Gasteiger partial charge on any atom is -0.392 e. The Labute approximate surface area is 95.7 Å². The van der Waals surface area contributed by atoms with Gasteiger partial charge in [-0.3, -0.25) is 0 Å². The van der Waals surface area contributed by atoms with Gasteiger partial charge in [0.25, 0.3) is 0 Å². The van der Waals surface area contributed by atoms with Gasteiger partial charge in [-0.2, -0.15) is 13.2 Å². The van der Waals surface area contributed by atoms with Gasteiger partial charge >= 0.3 is 6.18 Å². The van der Waals surface area contributed by atoms with Crippen LogP contribution >= 0.6 is 11.6 Å². The Bertz CT molecular complexity index is 263. The second-order valence-electron chi connectivity index (χ2n) is 1.82. The van der Waals surface area contributed by atoms with Crippen LogP contribution in [0.15, 0.2) is 12.3 Å². The monoisotopic (exact) mass is 418 g/mol. The van der Waals surface area contributed by atoms with Crippen molar-refractivity contribution in [3.05, 3.63) is 29.0 Å². The first kappa shape index (κ1) is 12.3. The third-order valence-electron chi connectivity index (χ3n) is 0.985. The standard InChI is InChI=1S/C6H2ClF3N.U/c7-5-1-4(2-11-3-5)6(8,9)10;/h1-2H;/q-1;. The van der Waals surface area contributed by atoms with Crippen LogP contribution in [0, 0.1) is 37.3 Å². The number of pyridine rings is 1. The molecule has 0 saturated heterocycles. The first-order chi connectivity index (χ1) is 5.00. The average Bonchev–Trinajstić information content (AvgIpc) is 1.86. The molecule has 0 aliphatic rings. The predicted molar refractivity (Wildman–Crippen MR) is 33.1 cm³/mol. The molecular weight excluding hydrogens is 417 g/mol. The first-order valence-electron chi connectivity index (χ1n) is 2.60. The van der Waals surface area contributed by atoms with Gasteiger partial charge in [-0.25, -0.2) is 0 Å². The molecule has 1 nitrogen and oxygen atoms in total. The molecule has 0 aliphatic carbocycles. The zero-order valence-corrected chi connectivity index (χ0v) is 10.5. The molecule has 0 saturated carbocycles. The van der Waals surface area contributed by atoms with Gasteiger partial charge < -0.3 is 4.98 Å². The van der Waals surface area contributed by atoms with Gasteiger partial charge in [0.1, 0.15) is 0 Å². The third-order valence-corrected chi connectivity index (χ3v) is 1.18. The summed E-state index contributed by atoms with van der Waals surface area (Å²) >= 11 is 5.23. The van der Waals surface area contributed by atoms with Crippen LogP contribution in [0.25, 0.3) is 0 Å². The SMILES string of the molecule is FC(F)(F)c1cn[c-]c(Cl)c1.[U]. The molecular formula is C6H2ClF3NU-. The number of halogens is 4. The molecule has 0 aliphatic heterocycles. The Hall–Kier alpha value is 0.282. The van der Waals surface area contributed by atoms with Crippen LogP contribution in [-0.2, 0) is 6.18 Å². The van der Waals surface area contributed by atoms with Gasteiger partial charge in [0.2, 0.25) is 0 Å². The van der Waals surface area contributed by atoms with Crippen molar-refractivity contribution < 1.29 is 44.3 Å². The van der Waals surface area contributed by atoms with Gasteiger partial charge in [0, 0.05) is 31.1 Å². The molecule has 0 fully saturated rings. The molecule has 0 N–H and O–H groups in total. The number of aromatic nitrogens is 1. The van der Waals surface area contributed by atoms with Gasteiger partial charge in [0.15, 0.2) is 0 Å². The van der Waals surface area contributed by atoms with Crippen molar-refractivity contribution >= 4 is 11.6 Å². The largest absolute Gasteiger partial charge is 0.396 e. The van der Waals surface area contributed by atoms with E-state index < -0.39 is 11.7 Å². The molecule has 0 amide bonds. The minimum atomic E-state index is -4.38. The predicted octanol–water partition coefficient (Wildman–Crippen LogP) is 2.55. The number of hydrogen-bond donors (Lipinski definition) is 0. The van der Waals surface area contributed by atoms with E-state index in [9.17, 15) is 13.2 Å². The van der Waals surface area contributed by atoms with Crippen LogP contribution in [-0.4, -0.2) is 4.98 Å². The molecule has 0 aromatic carbocycles. The third kappa shape index (κ3) is 3.34. The van der Waals surface area contributed by atoms with Crippen LogP contribution < -0.4 is 0 Å². The van der Waals surface area contributed by atoms with Gasteiger partial charge in [-0.1, -0.05) is 17.4 Å². The summed E-state index contributed by atoms with van der Waals surface area (Å²) in [4.78, 5) is 3.17. The molecule has 1 rings (SSSR count). The van der Waals surface area contributed by atoms with Gasteiger partial charge in [-0.05, 0) is 5.56 Å². The van der Waals surface area contributed by atoms with Crippen molar-refractivity contribution in [2.75, 3.05) is 0 Å². The summed E-state index contributed by atoms with van der Waals surface area (Å²) in [5, 5.41) is -0.139. The number of alkyl halides is 3. The molecule has 0 spiro atoms. The number of hydrogen-bond acceptors (Lipinski definition) is 1. The summed E-state index contributed by atoms with van der Waals surface area (Å²) in [6.45, 7) is 0. The summed E-state index contributed by atoms with van der Waals surface area (Å²) in [7, 11) is 0. The van der Waals surface area contributed by atoms with E-state index in [1.807, 2.05) is 0 Å². The van der Waals surface area contributed by atoms with Crippen molar-refractivity contribution in [2.24, 2.45) is 0 Å². The van der Waals surface area contributed by atoms with Crippen molar-refractivity contribution in [3.8, 4) is 0 Å². The Balaban J connectivity index is 0.00000121. The summed E-state index contributed by atoms with van der Waals surface area (Å²) in [5.74, 6) is 0. The Kier molecular flexibility index (Phi) is 4.60. The van der Waals surface area contributed by atoms with E-state index in [1.54, 1.807) is 0 Å². The molecule has 1 aromatic heterocycles. The van der Waals surface area contributed by atoms with E-state index in [-0.39, 0.29) is 36.1 Å². The van der Waals surface area contributed by atoms with E-state index in [0.29, 0.717) is 6.20 Å². The van der Waals surface area contributed by atoms with E-state index >= 15 is 0 Å². The molecule has 1 heterocycles. The summed E-state index contributed by atoms with van der Waals surface area (Å²) in [5.41, 5.74) is -0.860. The Morgan fingerprint density at radius 1 is 1.42 bits per heavy atom. The van der Waals surface area contributed by atoms with Crippen molar-refractivity contribution in [1.29, 1.82) is 0 Å². The second-order valence-corrected chi connectivity index (χ2v) is 2.22. The van der Waals surface area contributed by atoms with E-state index in [2.05, 4.69) is 11.2 Å². The smallest absolute Gasteiger partial charge is 0.392 e.